The molecule has 3 rings (SSSR count). The fourth-order valence-corrected chi connectivity index (χ4v) is 2.83. The molecule has 0 unspecified atom stereocenters. The highest BCUT2D eigenvalue weighted by Crippen LogP contribution is 2.29. The summed E-state index contributed by atoms with van der Waals surface area (Å²) < 4.78 is 18.2. The number of nitrogens with zero attached hydrogens (tertiary/aromatic N) is 2. The van der Waals surface area contributed by atoms with Crippen molar-refractivity contribution in [1.29, 1.82) is 0 Å². The predicted octanol–water partition coefficient (Wildman–Crippen LogP) is 3.55. The van der Waals surface area contributed by atoms with Gasteiger partial charge in [0, 0.05) is 24.6 Å². The summed E-state index contributed by atoms with van der Waals surface area (Å²) in [5.74, 6) is 0.667. The van der Waals surface area contributed by atoms with Crippen LogP contribution < -0.4 is 0 Å². The maximum atomic E-state index is 13.0. The standard InChI is InChI=1S/C18H21FN2O2/c1-12-17(13(2)23-20-12)9-10-18(22)21(16-7-8-16)11-14-3-5-15(19)6-4-14/h3-6,16H,7-11H2,1-2H3. The molecule has 23 heavy (non-hydrogen) atoms. The molecule has 1 aliphatic rings. The van der Waals surface area contributed by atoms with Gasteiger partial charge in [-0.2, -0.15) is 0 Å². The first-order chi connectivity index (χ1) is 11.0. The zero-order valence-corrected chi connectivity index (χ0v) is 13.5. The second-order valence-electron chi connectivity index (χ2n) is 6.18. The Balaban J connectivity index is 1.64. The number of carbonyl (C=O) groups is 1. The minimum atomic E-state index is -0.253. The van der Waals surface area contributed by atoms with Crippen molar-refractivity contribution in [3.8, 4) is 0 Å². The van der Waals surface area contributed by atoms with E-state index in [1.54, 1.807) is 12.1 Å². The third kappa shape index (κ3) is 3.78. The van der Waals surface area contributed by atoms with Crippen LogP contribution in [0, 0.1) is 19.7 Å². The predicted molar refractivity (Wildman–Crippen MR) is 84.3 cm³/mol. The lowest BCUT2D eigenvalue weighted by atomic mass is 10.1. The second-order valence-corrected chi connectivity index (χ2v) is 6.18. The number of carbonyl (C=O) groups excluding carboxylic acids is 1. The summed E-state index contributed by atoms with van der Waals surface area (Å²) in [4.78, 5) is 14.5. The summed E-state index contributed by atoms with van der Waals surface area (Å²) in [7, 11) is 0. The fourth-order valence-electron chi connectivity index (χ4n) is 2.83. The highest BCUT2D eigenvalue weighted by Gasteiger charge is 2.32. The maximum absolute atomic E-state index is 13.0. The van der Waals surface area contributed by atoms with E-state index in [0.29, 0.717) is 25.4 Å². The minimum absolute atomic E-state index is 0.136. The molecule has 0 saturated heterocycles. The Morgan fingerprint density at radius 1 is 1.30 bits per heavy atom. The molecule has 1 heterocycles. The second kappa shape index (κ2) is 6.52. The van der Waals surface area contributed by atoms with E-state index in [0.717, 1.165) is 35.4 Å². The van der Waals surface area contributed by atoms with Crippen LogP contribution in [0.2, 0.25) is 0 Å². The van der Waals surface area contributed by atoms with Gasteiger partial charge in [-0.25, -0.2) is 4.39 Å². The maximum Gasteiger partial charge on any atom is 0.223 e. The first-order valence-electron chi connectivity index (χ1n) is 8.00. The zero-order valence-electron chi connectivity index (χ0n) is 13.5. The Labute approximate surface area is 135 Å². The monoisotopic (exact) mass is 316 g/mol. The molecule has 0 spiro atoms. The fraction of sp³-hybridized carbons (Fsp3) is 0.444. The van der Waals surface area contributed by atoms with Crippen molar-refractivity contribution in [1.82, 2.24) is 10.1 Å². The highest BCUT2D eigenvalue weighted by atomic mass is 19.1. The van der Waals surface area contributed by atoms with Crippen LogP contribution in [0.5, 0.6) is 0 Å². The lowest BCUT2D eigenvalue weighted by Crippen LogP contribution is -2.32. The summed E-state index contributed by atoms with van der Waals surface area (Å²) in [6.45, 7) is 4.32. The normalized spacial score (nSPS) is 14.0. The van der Waals surface area contributed by atoms with E-state index in [9.17, 15) is 9.18 Å². The van der Waals surface area contributed by atoms with Gasteiger partial charge in [-0.15, -0.1) is 0 Å². The van der Waals surface area contributed by atoms with E-state index in [2.05, 4.69) is 5.16 Å². The number of rotatable bonds is 6. The first-order valence-corrected chi connectivity index (χ1v) is 8.00. The third-order valence-corrected chi connectivity index (χ3v) is 4.34. The SMILES string of the molecule is Cc1noc(C)c1CCC(=O)N(Cc1ccc(F)cc1)C1CC1. The van der Waals surface area contributed by atoms with Gasteiger partial charge >= 0.3 is 0 Å². The molecule has 5 heteroatoms. The number of halogens is 1. The summed E-state index contributed by atoms with van der Waals surface area (Å²) >= 11 is 0. The molecule has 1 fully saturated rings. The lowest BCUT2D eigenvalue weighted by Gasteiger charge is -2.22. The number of amides is 1. The first kappa shape index (κ1) is 15.7. The van der Waals surface area contributed by atoms with Gasteiger partial charge in [0.1, 0.15) is 11.6 Å². The van der Waals surface area contributed by atoms with Crippen LogP contribution in [-0.4, -0.2) is 22.0 Å². The van der Waals surface area contributed by atoms with Crippen LogP contribution in [-0.2, 0) is 17.8 Å². The number of aryl methyl sites for hydroxylation is 2. The molecule has 1 amide bonds. The van der Waals surface area contributed by atoms with Crippen LogP contribution in [0.3, 0.4) is 0 Å². The van der Waals surface area contributed by atoms with Crippen molar-refractivity contribution < 1.29 is 13.7 Å². The summed E-state index contributed by atoms with van der Waals surface area (Å²) in [5.41, 5.74) is 2.84. The smallest absolute Gasteiger partial charge is 0.223 e. The molecule has 0 bridgehead atoms. The molecule has 2 aromatic rings. The van der Waals surface area contributed by atoms with Crippen molar-refractivity contribution in [2.24, 2.45) is 0 Å². The molecule has 1 aromatic carbocycles. The van der Waals surface area contributed by atoms with Crippen LogP contribution in [0.15, 0.2) is 28.8 Å². The van der Waals surface area contributed by atoms with Gasteiger partial charge in [0.2, 0.25) is 5.91 Å². The molecule has 0 atom stereocenters. The van der Waals surface area contributed by atoms with Gasteiger partial charge in [0.15, 0.2) is 0 Å². The average molecular weight is 316 g/mol. The van der Waals surface area contributed by atoms with E-state index < -0.39 is 0 Å². The molecule has 122 valence electrons. The average Bonchev–Trinajstić information content (AvgIpc) is 3.32. The molecule has 0 aliphatic heterocycles. The van der Waals surface area contributed by atoms with E-state index in [4.69, 9.17) is 4.52 Å². The van der Waals surface area contributed by atoms with Crippen molar-refractivity contribution in [3.63, 3.8) is 0 Å². The van der Waals surface area contributed by atoms with E-state index in [1.165, 1.54) is 12.1 Å². The number of benzene rings is 1. The molecule has 0 N–H and O–H groups in total. The molecular weight excluding hydrogens is 295 g/mol. The van der Waals surface area contributed by atoms with Gasteiger partial charge in [-0.3, -0.25) is 4.79 Å². The Bertz CT molecular complexity index is 670. The lowest BCUT2D eigenvalue weighted by molar-refractivity contribution is -0.132. The van der Waals surface area contributed by atoms with Crippen LogP contribution in [0.25, 0.3) is 0 Å². The zero-order chi connectivity index (χ0) is 16.4. The minimum Gasteiger partial charge on any atom is -0.361 e. The van der Waals surface area contributed by atoms with Gasteiger partial charge in [-0.1, -0.05) is 17.3 Å². The number of hydrogen-bond acceptors (Lipinski definition) is 3. The van der Waals surface area contributed by atoms with Crippen molar-refractivity contribution in [3.05, 3.63) is 52.7 Å². The molecule has 0 radical (unpaired) electrons. The Morgan fingerprint density at radius 3 is 2.57 bits per heavy atom. The van der Waals surface area contributed by atoms with Crippen LogP contribution >= 0.6 is 0 Å². The van der Waals surface area contributed by atoms with E-state index in [1.807, 2.05) is 18.7 Å². The highest BCUT2D eigenvalue weighted by molar-refractivity contribution is 5.77. The number of aromatic nitrogens is 1. The molecule has 1 aliphatic carbocycles. The Kier molecular flexibility index (Phi) is 4.46. The summed E-state index contributed by atoms with van der Waals surface area (Å²) in [5, 5.41) is 3.93. The van der Waals surface area contributed by atoms with Gasteiger partial charge in [-0.05, 0) is 50.8 Å². The van der Waals surface area contributed by atoms with Crippen LogP contribution in [0.1, 0.15) is 41.8 Å². The summed E-state index contributed by atoms with van der Waals surface area (Å²) in [6.07, 6.45) is 3.20. The third-order valence-electron chi connectivity index (χ3n) is 4.34. The largest absolute Gasteiger partial charge is 0.361 e. The Hall–Kier alpha value is -2.17. The van der Waals surface area contributed by atoms with Crippen molar-refractivity contribution in [2.75, 3.05) is 0 Å². The molecule has 4 nitrogen and oxygen atoms in total. The van der Waals surface area contributed by atoms with Gasteiger partial charge < -0.3 is 9.42 Å². The molecule has 1 aromatic heterocycles. The Morgan fingerprint density at radius 2 is 2.00 bits per heavy atom. The van der Waals surface area contributed by atoms with E-state index >= 15 is 0 Å². The molecule has 1 saturated carbocycles. The molecular formula is C18H21FN2O2. The quantitative estimate of drug-likeness (QED) is 0.818. The van der Waals surface area contributed by atoms with E-state index in [-0.39, 0.29) is 11.7 Å². The number of hydrogen-bond donors (Lipinski definition) is 0. The van der Waals surface area contributed by atoms with Crippen molar-refractivity contribution in [2.45, 2.75) is 52.1 Å². The van der Waals surface area contributed by atoms with Crippen LogP contribution in [0.4, 0.5) is 4.39 Å². The topological polar surface area (TPSA) is 46.3 Å². The summed E-state index contributed by atoms with van der Waals surface area (Å²) in [6, 6.07) is 6.69. The van der Waals surface area contributed by atoms with Gasteiger partial charge in [0.25, 0.3) is 0 Å². The van der Waals surface area contributed by atoms with Gasteiger partial charge in [0.05, 0.1) is 5.69 Å². The van der Waals surface area contributed by atoms with Crippen molar-refractivity contribution >= 4 is 5.91 Å².